The summed E-state index contributed by atoms with van der Waals surface area (Å²) in [4.78, 5) is 14.2. The number of hydrogen-bond donors (Lipinski definition) is 0. The highest BCUT2D eigenvalue weighted by Gasteiger charge is 2.43. The molecule has 0 bridgehead atoms. The van der Waals surface area contributed by atoms with Crippen LogP contribution in [0.3, 0.4) is 0 Å². The molecule has 3 aliphatic rings. The molecular weight excluding hydrogens is 218 g/mol. The molecule has 0 aromatic heterocycles. The molecule has 0 radical (unpaired) electrons. The van der Waals surface area contributed by atoms with Gasteiger partial charge in [-0.2, -0.15) is 0 Å². The lowest BCUT2D eigenvalue weighted by Gasteiger charge is -2.33. The van der Waals surface area contributed by atoms with Crippen molar-refractivity contribution in [3.05, 3.63) is 0 Å². The van der Waals surface area contributed by atoms with Crippen LogP contribution in [0.1, 0.15) is 32.1 Å². The van der Waals surface area contributed by atoms with Gasteiger partial charge in [0.2, 0.25) is 0 Å². The Labute approximate surface area is 102 Å². The van der Waals surface area contributed by atoms with Crippen LogP contribution in [0.25, 0.3) is 0 Å². The lowest BCUT2D eigenvalue weighted by Crippen LogP contribution is -2.41. The molecule has 2 atom stereocenters. The first-order valence-electron chi connectivity index (χ1n) is 6.77. The van der Waals surface area contributed by atoms with Crippen LogP contribution >= 0.6 is 0 Å². The summed E-state index contributed by atoms with van der Waals surface area (Å²) in [5, 5.41) is 0. The molecule has 3 saturated heterocycles. The molecule has 1 spiro atoms. The van der Waals surface area contributed by atoms with Gasteiger partial charge in [-0.3, -0.25) is 4.79 Å². The van der Waals surface area contributed by atoms with Gasteiger partial charge in [-0.25, -0.2) is 0 Å². The number of rotatable bonds is 1. The Kier molecular flexibility index (Phi) is 3.09. The van der Waals surface area contributed by atoms with E-state index >= 15 is 0 Å². The van der Waals surface area contributed by atoms with Gasteiger partial charge in [0, 0.05) is 31.7 Å². The second-order valence-corrected chi connectivity index (χ2v) is 5.67. The Bertz CT molecular complexity index is 293. The van der Waals surface area contributed by atoms with Gasteiger partial charge in [-0.15, -0.1) is 0 Å². The topological polar surface area (TPSA) is 38.8 Å². The van der Waals surface area contributed by atoms with Crippen molar-refractivity contribution in [1.82, 2.24) is 4.90 Å². The van der Waals surface area contributed by atoms with E-state index in [0.717, 1.165) is 58.6 Å². The standard InChI is InChI=1S/C13H21NO3/c15-12(11-3-1-8-17-11)14-6-5-13(9-14)4-2-7-16-10-13/h11H,1-10H2/t11-,13?/m0/s1. The summed E-state index contributed by atoms with van der Waals surface area (Å²) in [6.07, 6.45) is 5.22. The Balaban J connectivity index is 1.60. The van der Waals surface area contributed by atoms with Crippen molar-refractivity contribution < 1.29 is 14.3 Å². The zero-order valence-corrected chi connectivity index (χ0v) is 10.3. The molecule has 0 aromatic rings. The molecule has 3 aliphatic heterocycles. The molecule has 96 valence electrons. The Hall–Kier alpha value is -0.610. The molecule has 3 heterocycles. The molecule has 1 amide bonds. The molecule has 4 heteroatoms. The molecule has 0 N–H and O–H groups in total. The monoisotopic (exact) mass is 239 g/mol. The van der Waals surface area contributed by atoms with Crippen LogP contribution in [0.5, 0.6) is 0 Å². The Morgan fingerprint density at radius 2 is 2.18 bits per heavy atom. The van der Waals surface area contributed by atoms with Gasteiger partial charge >= 0.3 is 0 Å². The normalized spacial score (nSPS) is 37.9. The van der Waals surface area contributed by atoms with E-state index in [1.807, 2.05) is 4.90 Å². The molecule has 0 saturated carbocycles. The number of amides is 1. The van der Waals surface area contributed by atoms with Crippen molar-refractivity contribution in [1.29, 1.82) is 0 Å². The van der Waals surface area contributed by atoms with Crippen LogP contribution in [0, 0.1) is 5.41 Å². The number of likely N-dealkylation sites (tertiary alicyclic amines) is 1. The fourth-order valence-electron chi connectivity index (χ4n) is 3.33. The minimum atomic E-state index is -0.158. The van der Waals surface area contributed by atoms with Crippen molar-refractivity contribution in [2.24, 2.45) is 5.41 Å². The van der Waals surface area contributed by atoms with E-state index in [0.29, 0.717) is 0 Å². The lowest BCUT2D eigenvalue weighted by molar-refractivity contribution is -0.140. The lowest BCUT2D eigenvalue weighted by atomic mass is 9.82. The van der Waals surface area contributed by atoms with Crippen LogP contribution in [0.2, 0.25) is 0 Å². The highest BCUT2D eigenvalue weighted by atomic mass is 16.5. The van der Waals surface area contributed by atoms with Gasteiger partial charge in [0.15, 0.2) is 0 Å². The van der Waals surface area contributed by atoms with Crippen molar-refractivity contribution in [3.8, 4) is 0 Å². The maximum Gasteiger partial charge on any atom is 0.251 e. The summed E-state index contributed by atoms with van der Waals surface area (Å²) >= 11 is 0. The van der Waals surface area contributed by atoms with Crippen molar-refractivity contribution in [3.63, 3.8) is 0 Å². The van der Waals surface area contributed by atoms with Crippen LogP contribution in [-0.2, 0) is 14.3 Å². The van der Waals surface area contributed by atoms with Crippen molar-refractivity contribution in [2.45, 2.75) is 38.2 Å². The largest absolute Gasteiger partial charge is 0.381 e. The molecule has 1 unspecified atom stereocenters. The number of nitrogens with zero attached hydrogens (tertiary/aromatic N) is 1. The number of carbonyl (C=O) groups is 1. The van der Waals surface area contributed by atoms with Gasteiger partial charge in [-0.05, 0) is 32.1 Å². The fraction of sp³-hybridized carbons (Fsp3) is 0.923. The fourth-order valence-corrected chi connectivity index (χ4v) is 3.33. The smallest absolute Gasteiger partial charge is 0.251 e. The third-order valence-corrected chi connectivity index (χ3v) is 4.36. The summed E-state index contributed by atoms with van der Waals surface area (Å²) in [5.74, 6) is 0.213. The summed E-state index contributed by atoms with van der Waals surface area (Å²) in [5.41, 5.74) is 0.256. The molecule has 17 heavy (non-hydrogen) atoms. The first-order chi connectivity index (χ1) is 8.29. The van der Waals surface area contributed by atoms with Crippen LogP contribution < -0.4 is 0 Å². The molecule has 0 aromatic carbocycles. The zero-order valence-electron chi connectivity index (χ0n) is 10.3. The summed E-state index contributed by atoms with van der Waals surface area (Å²) < 4.78 is 11.1. The highest BCUT2D eigenvalue weighted by Crippen LogP contribution is 2.38. The molecule has 3 fully saturated rings. The highest BCUT2D eigenvalue weighted by molar-refractivity contribution is 5.81. The number of hydrogen-bond acceptors (Lipinski definition) is 3. The van der Waals surface area contributed by atoms with E-state index in [-0.39, 0.29) is 17.4 Å². The summed E-state index contributed by atoms with van der Waals surface area (Å²) in [6, 6.07) is 0. The van der Waals surface area contributed by atoms with Gasteiger partial charge in [0.25, 0.3) is 5.91 Å². The average Bonchev–Trinajstić information content (AvgIpc) is 2.99. The first kappa shape index (κ1) is 11.5. The van der Waals surface area contributed by atoms with E-state index in [4.69, 9.17) is 9.47 Å². The van der Waals surface area contributed by atoms with Crippen LogP contribution in [-0.4, -0.2) is 49.8 Å². The Morgan fingerprint density at radius 3 is 2.88 bits per heavy atom. The maximum atomic E-state index is 12.2. The minimum absolute atomic E-state index is 0.158. The first-order valence-corrected chi connectivity index (χ1v) is 6.77. The van der Waals surface area contributed by atoms with E-state index in [1.54, 1.807) is 0 Å². The number of carbonyl (C=O) groups excluding carboxylic acids is 1. The average molecular weight is 239 g/mol. The van der Waals surface area contributed by atoms with Crippen molar-refractivity contribution in [2.75, 3.05) is 32.9 Å². The van der Waals surface area contributed by atoms with E-state index in [1.165, 1.54) is 6.42 Å². The molecular formula is C13H21NO3. The summed E-state index contributed by atoms with van der Waals surface area (Å²) in [6.45, 7) is 4.25. The van der Waals surface area contributed by atoms with E-state index < -0.39 is 0 Å². The maximum absolute atomic E-state index is 12.2. The second kappa shape index (κ2) is 4.58. The SMILES string of the molecule is O=C([C@@H]1CCCO1)N1CCC2(CCCOC2)C1. The predicted octanol–water partition coefficient (Wildman–Crippen LogP) is 1.19. The molecule has 0 aliphatic carbocycles. The second-order valence-electron chi connectivity index (χ2n) is 5.67. The molecule has 3 rings (SSSR count). The van der Waals surface area contributed by atoms with Gasteiger partial charge < -0.3 is 14.4 Å². The van der Waals surface area contributed by atoms with Crippen LogP contribution in [0.15, 0.2) is 0 Å². The quantitative estimate of drug-likeness (QED) is 0.690. The van der Waals surface area contributed by atoms with Crippen LogP contribution in [0.4, 0.5) is 0 Å². The zero-order chi connectivity index (χ0) is 11.7. The molecule has 4 nitrogen and oxygen atoms in total. The van der Waals surface area contributed by atoms with Gasteiger partial charge in [0.1, 0.15) is 6.10 Å². The third-order valence-electron chi connectivity index (χ3n) is 4.36. The Morgan fingerprint density at radius 1 is 1.24 bits per heavy atom. The van der Waals surface area contributed by atoms with Crippen molar-refractivity contribution >= 4 is 5.91 Å². The minimum Gasteiger partial charge on any atom is -0.381 e. The van der Waals surface area contributed by atoms with Gasteiger partial charge in [-0.1, -0.05) is 0 Å². The third kappa shape index (κ3) is 2.20. The summed E-state index contributed by atoms with van der Waals surface area (Å²) in [7, 11) is 0. The van der Waals surface area contributed by atoms with E-state index in [9.17, 15) is 4.79 Å². The van der Waals surface area contributed by atoms with E-state index in [2.05, 4.69) is 0 Å². The van der Waals surface area contributed by atoms with Gasteiger partial charge in [0.05, 0.1) is 6.61 Å². The number of ether oxygens (including phenoxy) is 2. The predicted molar refractivity (Wildman–Crippen MR) is 62.7 cm³/mol.